The summed E-state index contributed by atoms with van der Waals surface area (Å²) in [5.41, 5.74) is 0.859. The molecule has 0 aliphatic rings. The number of aromatic nitrogens is 1. The van der Waals surface area contributed by atoms with Gasteiger partial charge in [0.2, 0.25) is 10.0 Å². The van der Waals surface area contributed by atoms with E-state index in [1.165, 1.54) is 52.6 Å². The van der Waals surface area contributed by atoms with Gasteiger partial charge in [0, 0.05) is 38.0 Å². The summed E-state index contributed by atoms with van der Waals surface area (Å²) < 4.78 is 41.6. The fourth-order valence-electron chi connectivity index (χ4n) is 3.61. The standard InChI is InChI=1S/C25H27FN6O3S2/c1-30(2)14-5-17-32(25-29-22-11-8-20(26)18-23(22)36-25)24(33)19-6-9-21(10-7-19)37(34,35)31(15-3-12-27)16-4-13-28/h6-11,18H,3-5,14-17H2,1-2H3. The van der Waals surface area contributed by atoms with Crippen LogP contribution in [-0.2, 0) is 10.0 Å². The number of hydrogen-bond donors (Lipinski definition) is 0. The molecule has 0 spiro atoms. The molecular formula is C25H27FN6O3S2. The van der Waals surface area contributed by atoms with E-state index in [1.54, 1.807) is 6.07 Å². The third-order valence-electron chi connectivity index (χ3n) is 5.49. The molecule has 1 amide bonds. The van der Waals surface area contributed by atoms with Gasteiger partial charge in [-0.25, -0.2) is 17.8 Å². The second-order valence-electron chi connectivity index (χ2n) is 8.47. The Bertz CT molecular complexity index is 1410. The fraction of sp³-hybridized carbons (Fsp3) is 0.360. The van der Waals surface area contributed by atoms with Gasteiger partial charge in [0.1, 0.15) is 5.82 Å². The summed E-state index contributed by atoms with van der Waals surface area (Å²) in [7, 11) is -0.0849. The molecule has 194 valence electrons. The first-order chi connectivity index (χ1) is 17.7. The number of carbonyl (C=O) groups is 1. The molecule has 0 saturated carbocycles. The van der Waals surface area contributed by atoms with E-state index >= 15 is 0 Å². The second-order valence-corrected chi connectivity index (χ2v) is 11.4. The monoisotopic (exact) mass is 542 g/mol. The van der Waals surface area contributed by atoms with E-state index in [2.05, 4.69) is 4.98 Å². The van der Waals surface area contributed by atoms with Crippen molar-refractivity contribution in [3.05, 3.63) is 53.8 Å². The smallest absolute Gasteiger partial charge is 0.260 e. The van der Waals surface area contributed by atoms with Crippen LogP contribution in [0.2, 0.25) is 0 Å². The van der Waals surface area contributed by atoms with Crippen molar-refractivity contribution >= 4 is 42.6 Å². The Hall–Kier alpha value is -3.42. The molecule has 0 aliphatic carbocycles. The molecule has 0 radical (unpaired) electrons. The predicted molar refractivity (Wildman–Crippen MR) is 140 cm³/mol. The average molecular weight is 543 g/mol. The third kappa shape index (κ3) is 7.08. The molecule has 37 heavy (non-hydrogen) atoms. The molecule has 0 N–H and O–H groups in total. The second kappa shape index (κ2) is 12.7. The zero-order valence-electron chi connectivity index (χ0n) is 20.6. The van der Waals surface area contributed by atoms with Gasteiger partial charge in [0.05, 0.1) is 27.3 Å². The van der Waals surface area contributed by atoms with Gasteiger partial charge in [0.15, 0.2) is 5.13 Å². The lowest BCUT2D eigenvalue weighted by Gasteiger charge is -2.22. The molecule has 12 heteroatoms. The van der Waals surface area contributed by atoms with Crippen LogP contribution in [0.1, 0.15) is 29.6 Å². The number of rotatable bonds is 12. The molecule has 1 heterocycles. The first-order valence-corrected chi connectivity index (χ1v) is 13.8. The Morgan fingerprint density at radius 2 is 1.65 bits per heavy atom. The van der Waals surface area contributed by atoms with E-state index in [4.69, 9.17) is 10.5 Å². The van der Waals surface area contributed by atoms with Crippen LogP contribution in [0.25, 0.3) is 10.2 Å². The summed E-state index contributed by atoms with van der Waals surface area (Å²) in [6.45, 7) is 1.05. The minimum atomic E-state index is -3.95. The van der Waals surface area contributed by atoms with Crippen LogP contribution in [0.5, 0.6) is 0 Å². The van der Waals surface area contributed by atoms with Crippen LogP contribution in [0.3, 0.4) is 0 Å². The van der Waals surface area contributed by atoms with Crippen molar-refractivity contribution in [2.45, 2.75) is 24.2 Å². The number of nitrogens with zero attached hydrogens (tertiary/aromatic N) is 6. The Labute approximate surface area is 220 Å². The first kappa shape index (κ1) is 28.2. The minimum Gasteiger partial charge on any atom is -0.309 e. The number of benzene rings is 2. The lowest BCUT2D eigenvalue weighted by molar-refractivity contribution is 0.0986. The van der Waals surface area contributed by atoms with Crippen molar-refractivity contribution in [1.82, 2.24) is 14.2 Å². The lowest BCUT2D eigenvalue weighted by atomic mass is 10.2. The largest absolute Gasteiger partial charge is 0.309 e. The van der Waals surface area contributed by atoms with Gasteiger partial charge in [-0.3, -0.25) is 9.69 Å². The highest BCUT2D eigenvalue weighted by molar-refractivity contribution is 7.89. The maximum absolute atomic E-state index is 13.7. The maximum Gasteiger partial charge on any atom is 0.260 e. The van der Waals surface area contributed by atoms with Crippen molar-refractivity contribution in [1.29, 1.82) is 10.5 Å². The molecule has 9 nitrogen and oxygen atoms in total. The summed E-state index contributed by atoms with van der Waals surface area (Å²) >= 11 is 1.21. The molecule has 1 aromatic heterocycles. The summed E-state index contributed by atoms with van der Waals surface area (Å²) in [5.74, 6) is -0.739. The Balaban J connectivity index is 1.89. The number of fused-ring (bicyclic) bond motifs is 1. The third-order valence-corrected chi connectivity index (χ3v) is 8.44. The number of anilines is 1. The highest BCUT2D eigenvalue weighted by Crippen LogP contribution is 2.30. The zero-order valence-corrected chi connectivity index (χ0v) is 22.2. The van der Waals surface area contributed by atoms with Crippen molar-refractivity contribution in [2.75, 3.05) is 45.2 Å². The van der Waals surface area contributed by atoms with Crippen molar-refractivity contribution in [2.24, 2.45) is 0 Å². The fourth-order valence-corrected chi connectivity index (χ4v) is 6.06. The van der Waals surface area contributed by atoms with E-state index < -0.39 is 10.0 Å². The number of hydrogen-bond acceptors (Lipinski definition) is 8. The highest BCUT2D eigenvalue weighted by Gasteiger charge is 2.26. The first-order valence-electron chi connectivity index (χ1n) is 11.5. The lowest BCUT2D eigenvalue weighted by Crippen LogP contribution is -2.34. The molecule has 0 fully saturated rings. The number of amides is 1. The van der Waals surface area contributed by atoms with Gasteiger partial charge in [-0.1, -0.05) is 11.3 Å². The topological polar surface area (TPSA) is 121 Å². The van der Waals surface area contributed by atoms with E-state index in [0.717, 1.165) is 10.8 Å². The van der Waals surface area contributed by atoms with Crippen LogP contribution >= 0.6 is 11.3 Å². The van der Waals surface area contributed by atoms with E-state index in [1.807, 2.05) is 31.1 Å². The van der Waals surface area contributed by atoms with Gasteiger partial charge in [-0.15, -0.1) is 0 Å². The van der Waals surface area contributed by atoms with E-state index in [0.29, 0.717) is 28.3 Å². The summed E-state index contributed by atoms with van der Waals surface area (Å²) in [6.07, 6.45) is 0.659. The van der Waals surface area contributed by atoms with Crippen LogP contribution in [0.4, 0.5) is 9.52 Å². The number of carbonyl (C=O) groups excluding carboxylic acids is 1. The summed E-state index contributed by atoms with van der Waals surface area (Å²) in [5, 5.41) is 18.2. The van der Waals surface area contributed by atoms with Crippen molar-refractivity contribution in [3.63, 3.8) is 0 Å². The molecular weight excluding hydrogens is 515 g/mol. The molecule has 2 aromatic carbocycles. The Morgan fingerprint density at radius 1 is 1.00 bits per heavy atom. The average Bonchev–Trinajstić information content (AvgIpc) is 3.29. The molecule has 0 saturated heterocycles. The number of halogens is 1. The van der Waals surface area contributed by atoms with Gasteiger partial charge >= 0.3 is 0 Å². The summed E-state index contributed by atoms with van der Waals surface area (Å²) in [4.78, 5) is 21.5. The zero-order chi connectivity index (χ0) is 27.0. The van der Waals surface area contributed by atoms with Crippen molar-refractivity contribution in [3.8, 4) is 12.1 Å². The van der Waals surface area contributed by atoms with Crippen LogP contribution in [0, 0.1) is 28.5 Å². The van der Waals surface area contributed by atoms with Gasteiger partial charge in [0.25, 0.3) is 5.91 Å². The Morgan fingerprint density at radius 3 is 2.24 bits per heavy atom. The van der Waals surface area contributed by atoms with Crippen LogP contribution in [0.15, 0.2) is 47.4 Å². The molecule has 3 aromatic rings. The quantitative estimate of drug-likeness (QED) is 0.341. The highest BCUT2D eigenvalue weighted by atomic mass is 32.2. The van der Waals surface area contributed by atoms with Crippen LogP contribution < -0.4 is 4.90 Å². The molecule has 0 aliphatic heterocycles. The minimum absolute atomic E-state index is 0.00476. The molecule has 0 bridgehead atoms. The molecule has 0 atom stereocenters. The SMILES string of the molecule is CN(C)CCCN(C(=O)c1ccc(S(=O)(=O)N(CCC#N)CCC#N)cc1)c1nc2ccc(F)cc2s1. The number of thiazole rings is 1. The van der Waals surface area contributed by atoms with Crippen molar-refractivity contribution < 1.29 is 17.6 Å². The van der Waals surface area contributed by atoms with Gasteiger partial charge in [-0.05, 0) is 69.5 Å². The van der Waals surface area contributed by atoms with Crippen LogP contribution in [-0.4, -0.2) is 68.8 Å². The maximum atomic E-state index is 13.7. The molecule has 0 unspecified atom stereocenters. The predicted octanol–water partition coefficient (Wildman–Crippen LogP) is 3.85. The van der Waals surface area contributed by atoms with E-state index in [-0.39, 0.29) is 48.1 Å². The number of sulfonamides is 1. The van der Waals surface area contributed by atoms with Gasteiger partial charge < -0.3 is 4.90 Å². The Kier molecular flexibility index (Phi) is 9.66. The van der Waals surface area contributed by atoms with E-state index in [9.17, 15) is 17.6 Å². The number of nitriles is 2. The normalized spacial score (nSPS) is 11.5. The van der Waals surface area contributed by atoms with Gasteiger partial charge in [-0.2, -0.15) is 14.8 Å². The molecule has 3 rings (SSSR count). The summed E-state index contributed by atoms with van der Waals surface area (Å²) in [6, 6.07) is 13.7.